The SMILES string of the molecule is CC(=O)C[C@H](C)SCc1cccc(F)c1. The van der Waals surface area contributed by atoms with Crippen LogP contribution in [0.5, 0.6) is 0 Å². The van der Waals surface area contributed by atoms with E-state index in [1.807, 2.05) is 13.0 Å². The first-order chi connectivity index (χ1) is 7.08. The number of rotatable bonds is 5. The third kappa shape index (κ3) is 4.98. The van der Waals surface area contributed by atoms with Gasteiger partial charge in [-0.05, 0) is 24.6 Å². The van der Waals surface area contributed by atoms with Crippen molar-refractivity contribution in [2.75, 3.05) is 0 Å². The van der Waals surface area contributed by atoms with E-state index in [-0.39, 0.29) is 11.6 Å². The van der Waals surface area contributed by atoms with Gasteiger partial charge < -0.3 is 0 Å². The highest BCUT2D eigenvalue weighted by atomic mass is 32.2. The monoisotopic (exact) mass is 226 g/mol. The summed E-state index contributed by atoms with van der Waals surface area (Å²) in [4.78, 5) is 10.8. The summed E-state index contributed by atoms with van der Waals surface area (Å²) in [6, 6.07) is 6.58. The van der Waals surface area contributed by atoms with Crippen LogP contribution in [0, 0.1) is 5.82 Å². The Bertz CT molecular complexity index is 338. The summed E-state index contributed by atoms with van der Waals surface area (Å²) in [6.45, 7) is 3.62. The molecule has 0 heterocycles. The Morgan fingerprint density at radius 3 is 2.87 bits per heavy atom. The molecule has 82 valence electrons. The topological polar surface area (TPSA) is 17.1 Å². The van der Waals surface area contributed by atoms with Gasteiger partial charge in [0.2, 0.25) is 0 Å². The van der Waals surface area contributed by atoms with Crippen molar-refractivity contribution in [3.8, 4) is 0 Å². The lowest BCUT2D eigenvalue weighted by Gasteiger charge is -2.08. The number of halogens is 1. The van der Waals surface area contributed by atoms with Crippen LogP contribution in [0.3, 0.4) is 0 Å². The van der Waals surface area contributed by atoms with Crippen LogP contribution in [0.4, 0.5) is 4.39 Å². The highest BCUT2D eigenvalue weighted by Crippen LogP contribution is 2.20. The molecule has 1 aromatic carbocycles. The van der Waals surface area contributed by atoms with Crippen molar-refractivity contribution in [3.63, 3.8) is 0 Å². The van der Waals surface area contributed by atoms with Crippen molar-refractivity contribution < 1.29 is 9.18 Å². The van der Waals surface area contributed by atoms with Crippen molar-refractivity contribution >= 4 is 17.5 Å². The van der Waals surface area contributed by atoms with Crippen LogP contribution in [0.2, 0.25) is 0 Å². The van der Waals surface area contributed by atoms with Gasteiger partial charge >= 0.3 is 0 Å². The molecule has 0 aliphatic heterocycles. The summed E-state index contributed by atoms with van der Waals surface area (Å²) in [6.07, 6.45) is 0.583. The molecule has 0 saturated carbocycles. The zero-order chi connectivity index (χ0) is 11.3. The van der Waals surface area contributed by atoms with E-state index >= 15 is 0 Å². The number of Topliss-reactive ketones (excluding diaryl/α,β-unsaturated/α-hetero) is 1. The number of hydrogen-bond donors (Lipinski definition) is 0. The average molecular weight is 226 g/mol. The Hall–Kier alpha value is -0.830. The molecule has 0 aromatic heterocycles. The van der Waals surface area contributed by atoms with E-state index in [1.165, 1.54) is 12.1 Å². The fraction of sp³-hybridized carbons (Fsp3) is 0.417. The summed E-state index contributed by atoms with van der Waals surface area (Å²) in [7, 11) is 0. The van der Waals surface area contributed by atoms with E-state index in [1.54, 1.807) is 24.8 Å². The fourth-order valence-corrected chi connectivity index (χ4v) is 2.34. The van der Waals surface area contributed by atoms with Crippen LogP contribution in [0.15, 0.2) is 24.3 Å². The second-order valence-corrected chi connectivity index (χ2v) is 5.08. The molecule has 1 rings (SSSR count). The molecular formula is C12H15FOS. The maximum absolute atomic E-state index is 12.8. The molecule has 0 aliphatic carbocycles. The van der Waals surface area contributed by atoms with Crippen LogP contribution in [-0.4, -0.2) is 11.0 Å². The lowest BCUT2D eigenvalue weighted by atomic mass is 10.2. The highest BCUT2D eigenvalue weighted by Gasteiger charge is 2.06. The minimum atomic E-state index is -0.202. The largest absolute Gasteiger partial charge is 0.300 e. The van der Waals surface area contributed by atoms with Crippen LogP contribution >= 0.6 is 11.8 Å². The number of hydrogen-bond acceptors (Lipinski definition) is 2. The number of ketones is 1. The molecule has 0 spiro atoms. The molecule has 0 saturated heterocycles. The number of benzene rings is 1. The first kappa shape index (κ1) is 12.2. The number of carbonyl (C=O) groups is 1. The van der Waals surface area contributed by atoms with Crippen LogP contribution in [0.25, 0.3) is 0 Å². The number of thioether (sulfide) groups is 1. The molecule has 1 atom stereocenters. The van der Waals surface area contributed by atoms with Gasteiger partial charge in [-0.3, -0.25) is 4.79 Å². The summed E-state index contributed by atoms with van der Waals surface area (Å²) < 4.78 is 12.8. The van der Waals surface area contributed by atoms with Gasteiger partial charge in [0.1, 0.15) is 11.6 Å². The molecule has 1 aromatic rings. The molecule has 0 amide bonds. The van der Waals surface area contributed by atoms with E-state index in [2.05, 4.69) is 0 Å². The second kappa shape index (κ2) is 5.91. The van der Waals surface area contributed by atoms with E-state index in [4.69, 9.17) is 0 Å². The van der Waals surface area contributed by atoms with Crippen molar-refractivity contribution in [3.05, 3.63) is 35.6 Å². The van der Waals surface area contributed by atoms with Gasteiger partial charge in [0.15, 0.2) is 0 Å². The second-order valence-electron chi connectivity index (χ2n) is 3.66. The van der Waals surface area contributed by atoms with Crippen molar-refractivity contribution in [2.45, 2.75) is 31.3 Å². The summed E-state index contributed by atoms with van der Waals surface area (Å²) in [5, 5.41) is 0.297. The van der Waals surface area contributed by atoms with Gasteiger partial charge in [-0.1, -0.05) is 19.1 Å². The van der Waals surface area contributed by atoms with Crippen LogP contribution in [-0.2, 0) is 10.5 Å². The molecule has 0 fully saturated rings. The Kier molecular flexibility index (Phi) is 4.82. The molecule has 15 heavy (non-hydrogen) atoms. The predicted octanol–water partition coefficient (Wildman–Crippen LogP) is 3.43. The zero-order valence-corrected chi connectivity index (χ0v) is 9.81. The summed E-state index contributed by atoms with van der Waals surface area (Å²) in [5.41, 5.74) is 0.968. The van der Waals surface area contributed by atoms with Gasteiger partial charge in [-0.25, -0.2) is 4.39 Å². The first-order valence-corrected chi connectivity index (χ1v) is 5.98. The quantitative estimate of drug-likeness (QED) is 0.765. The first-order valence-electron chi connectivity index (χ1n) is 4.93. The molecule has 3 heteroatoms. The standard InChI is InChI=1S/C12H15FOS/c1-9(14)6-10(2)15-8-11-4-3-5-12(13)7-11/h3-5,7,10H,6,8H2,1-2H3/t10-/m0/s1. The average Bonchev–Trinajstić information content (AvgIpc) is 2.14. The Balaban J connectivity index is 2.40. The van der Waals surface area contributed by atoms with Crippen LogP contribution in [0.1, 0.15) is 25.8 Å². The van der Waals surface area contributed by atoms with E-state index < -0.39 is 0 Å². The van der Waals surface area contributed by atoms with Gasteiger partial charge in [0.25, 0.3) is 0 Å². The molecule has 0 unspecified atom stereocenters. The van der Waals surface area contributed by atoms with Crippen molar-refractivity contribution in [1.82, 2.24) is 0 Å². The van der Waals surface area contributed by atoms with Gasteiger partial charge in [0, 0.05) is 17.4 Å². The van der Waals surface area contributed by atoms with Crippen molar-refractivity contribution in [2.24, 2.45) is 0 Å². The van der Waals surface area contributed by atoms with Gasteiger partial charge in [-0.2, -0.15) is 11.8 Å². The van der Waals surface area contributed by atoms with Gasteiger partial charge in [-0.15, -0.1) is 0 Å². The third-order valence-electron chi connectivity index (χ3n) is 2.00. The van der Waals surface area contributed by atoms with Crippen molar-refractivity contribution in [1.29, 1.82) is 0 Å². The normalized spacial score (nSPS) is 12.5. The fourth-order valence-electron chi connectivity index (χ4n) is 1.33. The van der Waals surface area contributed by atoms with Gasteiger partial charge in [0.05, 0.1) is 0 Å². The van der Waals surface area contributed by atoms with E-state index in [0.717, 1.165) is 11.3 Å². The minimum absolute atomic E-state index is 0.202. The zero-order valence-electron chi connectivity index (χ0n) is 9.00. The lowest BCUT2D eigenvalue weighted by molar-refractivity contribution is -0.116. The minimum Gasteiger partial charge on any atom is -0.300 e. The number of carbonyl (C=O) groups excluding carboxylic acids is 1. The Morgan fingerprint density at radius 2 is 2.27 bits per heavy atom. The lowest BCUT2D eigenvalue weighted by Crippen LogP contribution is -2.03. The van der Waals surface area contributed by atoms with E-state index in [9.17, 15) is 9.18 Å². The highest BCUT2D eigenvalue weighted by molar-refractivity contribution is 7.99. The molecule has 0 aliphatic rings. The van der Waals surface area contributed by atoms with E-state index in [0.29, 0.717) is 11.7 Å². The van der Waals surface area contributed by atoms with Crippen LogP contribution < -0.4 is 0 Å². The molecule has 0 bridgehead atoms. The molecular weight excluding hydrogens is 211 g/mol. The third-order valence-corrected chi connectivity index (χ3v) is 3.23. The Morgan fingerprint density at radius 1 is 1.53 bits per heavy atom. The Labute approximate surface area is 94.1 Å². The maximum atomic E-state index is 12.8. The molecule has 0 N–H and O–H groups in total. The maximum Gasteiger partial charge on any atom is 0.130 e. The molecule has 1 nitrogen and oxygen atoms in total. The summed E-state index contributed by atoms with van der Waals surface area (Å²) >= 11 is 1.68. The predicted molar refractivity (Wildman–Crippen MR) is 62.5 cm³/mol. The molecule has 0 radical (unpaired) electrons. The summed E-state index contributed by atoms with van der Waals surface area (Å²) in [5.74, 6) is 0.758. The smallest absolute Gasteiger partial charge is 0.130 e.